The van der Waals surface area contributed by atoms with Crippen molar-refractivity contribution < 1.29 is 14.4 Å². The predicted octanol–water partition coefficient (Wildman–Crippen LogP) is 5.87. The molecule has 1 saturated heterocycles. The molecule has 2 heterocycles. The molecule has 1 aliphatic carbocycles. The first kappa shape index (κ1) is 24.7. The fourth-order valence-electron chi connectivity index (χ4n) is 5.35. The first-order valence-electron chi connectivity index (χ1n) is 12.5. The van der Waals surface area contributed by atoms with Crippen LogP contribution < -0.4 is 5.32 Å². The van der Waals surface area contributed by atoms with Crippen molar-refractivity contribution in [2.24, 2.45) is 11.8 Å². The molecular formula is C29H29ClN2O3S. The molecule has 3 aromatic rings. The Hall–Kier alpha value is -2.96. The van der Waals surface area contributed by atoms with Crippen LogP contribution in [0.5, 0.6) is 0 Å². The van der Waals surface area contributed by atoms with Crippen LogP contribution in [-0.2, 0) is 9.59 Å². The number of amides is 2. The number of carbonyl (C=O) groups is 3. The van der Waals surface area contributed by atoms with Gasteiger partial charge in [0, 0.05) is 23.4 Å². The molecule has 186 valence electrons. The molecule has 2 amide bonds. The summed E-state index contributed by atoms with van der Waals surface area (Å²) in [6.07, 6.45) is 2.41. The van der Waals surface area contributed by atoms with Gasteiger partial charge >= 0.3 is 0 Å². The van der Waals surface area contributed by atoms with Crippen LogP contribution in [0.15, 0.2) is 72.1 Å². The van der Waals surface area contributed by atoms with E-state index in [1.807, 2.05) is 66.9 Å². The summed E-state index contributed by atoms with van der Waals surface area (Å²) in [7, 11) is 0. The summed E-state index contributed by atoms with van der Waals surface area (Å²) in [6, 6.07) is 19.3. The van der Waals surface area contributed by atoms with E-state index < -0.39 is 23.9 Å². The van der Waals surface area contributed by atoms with Crippen LogP contribution >= 0.6 is 22.9 Å². The van der Waals surface area contributed by atoms with E-state index >= 15 is 0 Å². The van der Waals surface area contributed by atoms with Gasteiger partial charge in [0.05, 0.1) is 16.8 Å². The van der Waals surface area contributed by atoms with Gasteiger partial charge in [-0.2, -0.15) is 0 Å². The molecule has 0 radical (unpaired) electrons. The second-order valence-electron chi connectivity index (χ2n) is 9.56. The third-order valence-corrected chi connectivity index (χ3v) is 8.26. The van der Waals surface area contributed by atoms with Gasteiger partial charge in [-0.25, -0.2) is 0 Å². The van der Waals surface area contributed by atoms with Crippen molar-refractivity contribution in [2.45, 2.75) is 44.2 Å². The molecule has 2 aromatic carbocycles. The zero-order chi connectivity index (χ0) is 25.2. The number of Topliss-reactive ketones (excluding diaryl/α,β-unsaturated/α-hetero) is 1. The molecule has 1 aliphatic heterocycles. The Kier molecular flexibility index (Phi) is 7.26. The molecule has 4 atom stereocenters. The maximum atomic E-state index is 14.2. The number of nitrogens with one attached hydrogen (secondary N) is 1. The third-order valence-electron chi connectivity index (χ3n) is 7.13. The lowest BCUT2D eigenvalue weighted by Gasteiger charge is -2.31. The monoisotopic (exact) mass is 520 g/mol. The van der Waals surface area contributed by atoms with Crippen molar-refractivity contribution in [1.82, 2.24) is 10.2 Å². The molecule has 4 unspecified atom stereocenters. The van der Waals surface area contributed by atoms with Crippen molar-refractivity contribution in [3.63, 3.8) is 0 Å². The Bertz CT molecular complexity index is 1230. The topological polar surface area (TPSA) is 66.5 Å². The van der Waals surface area contributed by atoms with Gasteiger partial charge < -0.3 is 10.2 Å². The zero-order valence-electron chi connectivity index (χ0n) is 20.1. The fraction of sp³-hybridized carbons (Fsp3) is 0.345. The van der Waals surface area contributed by atoms with E-state index in [2.05, 4.69) is 5.32 Å². The Morgan fingerprint density at radius 2 is 1.69 bits per heavy atom. The second kappa shape index (κ2) is 10.6. The SMILES string of the molecule is CCCNC(=O)C1C(c2ccc(Cl)cc2)C(C(=O)c2cccs2)C(c2ccccc2)N1C(=O)C1CC1. The number of carbonyl (C=O) groups excluding carboxylic acids is 3. The quantitative estimate of drug-likeness (QED) is 0.377. The van der Waals surface area contributed by atoms with Crippen molar-refractivity contribution in [2.75, 3.05) is 6.54 Å². The fourth-order valence-corrected chi connectivity index (χ4v) is 6.19. The maximum absolute atomic E-state index is 14.2. The lowest BCUT2D eigenvalue weighted by atomic mass is 9.77. The summed E-state index contributed by atoms with van der Waals surface area (Å²) < 4.78 is 0. The minimum absolute atomic E-state index is 0.0408. The number of rotatable bonds is 8. The first-order valence-corrected chi connectivity index (χ1v) is 13.7. The molecule has 2 aliphatic rings. The second-order valence-corrected chi connectivity index (χ2v) is 10.9. The van der Waals surface area contributed by atoms with Gasteiger partial charge in [-0.3, -0.25) is 14.4 Å². The van der Waals surface area contributed by atoms with Gasteiger partial charge in [-0.15, -0.1) is 11.3 Å². The minimum Gasteiger partial charge on any atom is -0.354 e. The average Bonchev–Trinajstić information content (AvgIpc) is 3.48. The molecule has 0 spiro atoms. The third kappa shape index (κ3) is 4.72. The summed E-state index contributed by atoms with van der Waals surface area (Å²) in [5.74, 6) is -1.53. The number of likely N-dealkylation sites (tertiary alicyclic amines) is 1. The Morgan fingerprint density at radius 1 is 0.972 bits per heavy atom. The number of halogens is 1. The van der Waals surface area contributed by atoms with Gasteiger partial charge in [0.2, 0.25) is 11.8 Å². The van der Waals surface area contributed by atoms with Gasteiger partial charge in [0.15, 0.2) is 5.78 Å². The lowest BCUT2D eigenvalue weighted by molar-refractivity contribution is -0.142. The minimum atomic E-state index is -0.801. The number of ketones is 1. The van der Waals surface area contributed by atoms with Gasteiger partial charge in [0.25, 0.3) is 0 Å². The lowest BCUT2D eigenvalue weighted by Crippen LogP contribution is -2.49. The molecule has 2 fully saturated rings. The van der Waals surface area contributed by atoms with Crippen LogP contribution in [0.1, 0.15) is 58.9 Å². The maximum Gasteiger partial charge on any atom is 0.243 e. The number of hydrogen-bond acceptors (Lipinski definition) is 4. The first-order chi connectivity index (χ1) is 17.5. The number of hydrogen-bond donors (Lipinski definition) is 1. The predicted molar refractivity (Wildman–Crippen MR) is 142 cm³/mol. The van der Waals surface area contributed by atoms with Crippen molar-refractivity contribution in [3.8, 4) is 0 Å². The molecule has 0 bridgehead atoms. The van der Waals surface area contributed by atoms with Crippen LogP contribution in [0.25, 0.3) is 0 Å². The van der Waals surface area contributed by atoms with Crippen LogP contribution in [0.3, 0.4) is 0 Å². The summed E-state index contributed by atoms with van der Waals surface area (Å²) in [4.78, 5) is 44.3. The highest BCUT2D eigenvalue weighted by atomic mass is 35.5. The number of benzene rings is 2. The zero-order valence-corrected chi connectivity index (χ0v) is 21.7. The van der Waals surface area contributed by atoms with Crippen molar-refractivity contribution in [1.29, 1.82) is 0 Å². The standard InChI is InChI=1S/C29H29ClN2O3S/c1-2-16-31-28(34)26-23(18-12-14-21(30)15-13-18)24(27(33)22-9-6-17-36-22)25(19-7-4-3-5-8-19)32(26)29(35)20-10-11-20/h3-9,12-15,17,20,23-26H,2,10-11,16H2,1H3,(H,31,34). The molecule has 1 saturated carbocycles. The van der Waals surface area contributed by atoms with Gasteiger partial charge in [0.1, 0.15) is 6.04 Å². The molecule has 1 aromatic heterocycles. The number of thiophene rings is 1. The summed E-state index contributed by atoms with van der Waals surface area (Å²) in [5, 5.41) is 5.49. The van der Waals surface area contributed by atoms with Crippen molar-refractivity contribution in [3.05, 3.63) is 93.1 Å². The van der Waals surface area contributed by atoms with E-state index in [0.29, 0.717) is 16.4 Å². The summed E-state index contributed by atoms with van der Waals surface area (Å²) >= 11 is 7.60. The van der Waals surface area contributed by atoms with E-state index in [1.165, 1.54) is 11.3 Å². The summed E-state index contributed by atoms with van der Waals surface area (Å²) in [5.41, 5.74) is 1.70. The highest BCUT2D eigenvalue weighted by molar-refractivity contribution is 7.12. The van der Waals surface area contributed by atoms with E-state index in [9.17, 15) is 14.4 Å². The van der Waals surface area contributed by atoms with Gasteiger partial charge in [-0.05, 0) is 54.0 Å². The van der Waals surface area contributed by atoms with Crippen LogP contribution in [-0.4, -0.2) is 35.1 Å². The van der Waals surface area contributed by atoms with Crippen LogP contribution in [0, 0.1) is 11.8 Å². The number of nitrogens with zero attached hydrogens (tertiary/aromatic N) is 1. The molecule has 5 nitrogen and oxygen atoms in total. The highest BCUT2D eigenvalue weighted by Gasteiger charge is 2.58. The molecule has 1 N–H and O–H groups in total. The Balaban J connectivity index is 1.72. The van der Waals surface area contributed by atoms with Crippen molar-refractivity contribution >= 4 is 40.5 Å². The molecule has 36 heavy (non-hydrogen) atoms. The average molecular weight is 521 g/mol. The van der Waals surface area contributed by atoms with Crippen LogP contribution in [0.4, 0.5) is 0 Å². The smallest absolute Gasteiger partial charge is 0.243 e. The largest absolute Gasteiger partial charge is 0.354 e. The van der Waals surface area contributed by atoms with Gasteiger partial charge in [-0.1, -0.05) is 67.1 Å². The Morgan fingerprint density at radius 3 is 2.31 bits per heavy atom. The van der Waals surface area contributed by atoms with E-state index in [0.717, 1.165) is 30.4 Å². The normalized spacial score (nSPS) is 23.4. The Labute approximate surface area is 220 Å². The molecule has 5 rings (SSSR count). The summed E-state index contributed by atoms with van der Waals surface area (Å²) in [6.45, 7) is 2.50. The van der Waals surface area contributed by atoms with E-state index in [-0.39, 0.29) is 23.5 Å². The molecule has 7 heteroatoms. The van der Waals surface area contributed by atoms with E-state index in [4.69, 9.17) is 11.6 Å². The highest BCUT2D eigenvalue weighted by Crippen LogP contribution is 2.53. The molecular weight excluding hydrogens is 492 g/mol. The van der Waals surface area contributed by atoms with Crippen LogP contribution in [0.2, 0.25) is 5.02 Å². The van der Waals surface area contributed by atoms with E-state index in [1.54, 1.807) is 17.0 Å².